The van der Waals surface area contributed by atoms with Crippen molar-refractivity contribution < 1.29 is 14.4 Å². The highest BCUT2D eigenvalue weighted by molar-refractivity contribution is 6.08. The van der Waals surface area contributed by atoms with Crippen LogP contribution in [0, 0.1) is 5.92 Å². The van der Waals surface area contributed by atoms with E-state index < -0.39 is 23.4 Å². The molecule has 0 atom stereocenters. The van der Waals surface area contributed by atoms with Crippen LogP contribution >= 0.6 is 0 Å². The van der Waals surface area contributed by atoms with Crippen LogP contribution in [0.15, 0.2) is 60.7 Å². The summed E-state index contributed by atoms with van der Waals surface area (Å²) in [5.41, 5.74) is 3.30. The normalized spacial score (nSPS) is 24.1. The molecule has 1 heterocycles. The number of rotatable bonds is 4. The molecule has 4 amide bonds. The monoisotopic (exact) mass is 391 g/mol. The lowest BCUT2D eigenvalue weighted by Gasteiger charge is -2.33. The van der Waals surface area contributed by atoms with E-state index >= 15 is 0 Å². The molecule has 0 unspecified atom stereocenters. The number of urea groups is 1. The summed E-state index contributed by atoms with van der Waals surface area (Å²) >= 11 is 0. The molecule has 1 saturated heterocycles. The Morgan fingerprint density at radius 3 is 2.03 bits per heavy atom. The highest BCUT2D eigenvalue weighted by Gasteiger charge is 2.53. The zero-order chi connectivity index (χ0) is 20.4. The first kappa shape index (κ1) is 19.2. The van der Waals surface area contributed by atoms with Gasteiger partial charge in [-0.2, -0.15) is 5.01 Å². The third-order valence-electron chi connectivity index (χ3n) is 6.04. The second-order valence-electron chi connectivity index (χ2n) is 8.07. The number of nitrogens with zero attached hydrogens (tertiary/aromatic N) is 1. The molecular weight excluding hydrogens is 366 g/mol. The molecular formula is C23H25N3O3. The van der Waals surface area contributed by atoms with E-state index in [9.17, 15) is 14.4 Å². The molecule has 0 radical (unpaired) electrons. The summed E-state index contributed by atoms with van der Waals surface area (Å²) in [5, 5.41) is 3.71. The first-order valence-corrected chi connectivity index (χ1v) is 10.1. The summed E-state index contributed by atoms with van der Waals surface area (Å²) in [7, 11) is 0. The number of carbonyl (C=O) groups excluding carboxylic acids is 3. The average molecular weight is 391 g/mol. The van der Waals surface area contributed by atoms with Crippen LogP contribution < -0.4 is 10.7 Å². The fraction of sp³-hybridized carbons (Fsp3) is 0.348. The van der Waals surface area contributed by atoms with Crippen molar-refractivity contribution in [3.05, 3.63) is 71.8 Å². The molecule has 2 aromatic rings. The summed E-state index contributed by atoms with van der Waals surface area (Å²) in [6.45, 7) is 2.15. The Balaban J connectivity index is 1.58. The standard InChI is InChI=1S/C23H25N3O3/c1-16-12-14-23(15-13-16)21(28)26(22(29)24-23)25-20(27)19(17-8-4-2-5-9-17)18-10-6-3-7-11-18/h2-11,16,19H,12-15H2,1H3,(H,24,29)(H,25,27). The summed E-state index contributed by atoms with van der Waals surface area (Å²) < 4.78 is 0. The molecule has 150 valence electrons. The van der Waals surface area contributed by atoms with E-state index in [0.29, 0.717) is 18.8 Å². The maximum Gasteiger partial charge on any atom is 0.344 e. The maximum absolute atomic E-state index is 13.2. The smallest absolute Gasteiger partial charge is 0.322 e. The molecule has 2 aromatic carbocycles. The maximum atomic E-state index is 13.2. The molecule has 29 heavy (non-hydrogen) atoms. The van der Waals surface area contributed by atoms with Crippen molar-refractivity contribution in [2.45, 2.75) is 44.1 Å². The quantitative estimate of drug-likeness (QED) is 0.785. The topological polar surface area (TPSA) is 78.5 Å². The zero-order valence-electron chi connectivity index (χ0n) is 16.4. The summed E-state index contributed by atoms with van der Waals surface area (Å²) in [6, 6.07) is 18.1. The predicted octanol–water partition coefficient (Wildman–Crippen LogP) is 3.35. The first-order valence-electron chi connectivity index (χ1n) is 10.1. The number of hydrogen-bond donors (Lipinski definition) is 2. The minimum atomic E-state index is -0.883. The lowest BCUT2D eigenvalue weighted by molar-refractivity contribution is -0.140. The van der Waals surface area contributed by atoms with Crippen LogP contribution in [0.5, 0.6) is 0 Å². The van der Waals surface area contributed by atoms with Crippen molar-refractivity contribution in [3.63, 3.8) is 0 Å². The summed E-state index contributed by atoms with van der Waals surface area (Å²) in [4.78, 5) is 38.8. The average Bonchev–Trinajstić information content (AvgIpc) is 2.96. The molecule has 0 aromatic heterocycles. The van der Waals surface area contributed by atoms with Gasteiger partial charge in [0, 0.05) is 0 Å². The highest BCUT2D eigenvalue weighted by atomic mass is 16.2. The van der Waals surface area contributed by atoms with E-state index in [1.165, 1.54) is 0 Å². The molecule has 2 N–H and O–H groups in total. The zero-order valence-corrected chi connectivity index (χ0v) is 16.4. The molecule has 6 heteroatoms. The van der Waals surface area contributed by atoms with Crippen molar-refractivity contribution >= 4 is 17.8 Å². The molecule has 2 fully saturated rings. The van der Waals surface area contributed by atoms with E-state index in [2.05, 4.69) is 17.7 Å². The van der Waals surface area contributed by atoms with Crippen molar-refractivity contribution in [3.8, 4) is 0 Å². The Morgan fingerprint density at radius 2 is 1.52 bits per heavy atom. The van der Waals surface area contributed by atoms with Gasteiger partial charge < -0.3 is 5.32 Å². The third kappa shape index (κ3) is 3.62. The molecule has 6 nitrogen and oxygen atoms in total. The van der Waals surface area contributed by atoms with Gasteiger partial charge in [0.25, 0.3) is 11.8 Å². The number of carbonyl (C=O) groups is 3. The van der Waals surface area contributed by atoms with Gasteiger partial charge in [0.05, 0.1) is 5.92 Å². The molecule has 1 aliphatic carbocycles. The number of hydrogen-bond acceptors (Lipinski definition) is 3. The van der Waals surface area contributed by atoms with Gasteiger partial charge >= 0.3 is 6.03 Å². The number of nitrogens with one attached hydrogen (secondary N) is 2. The number of hydrazine groups is 1. The number of amides is 4. The minimum Gasteiger partial charge on any atom is -0.322 e. The van der Waals surface area contributed by atoms with Crippen molar-refractivity contribution in [2.24, 2.45) is 5.92 Å². The lowest BCUT2D eigenvalue weighted by Crippen LogP contribution is -2.52. The van der Waals surface area contributed by atoms with E-state index in [1.807, 2.05) is 60.7 Å². The van der Waals surface area contributed by atoms with Crippen molar-refractivity contribution in [1.82, 2.24) is 15.8 Å². The van der Waals surface area contributed by atoms with Crippen molar-refractivity contribution in [2.75, 3.05) is 0 Å². The van der Waals surface area contributed by atoms with Gasteiger partial charge in [-0.15, -0.1) is 0 Å². The van der Waals surface area contributed by atoms with E-state index in [1.54, 1.807) is 0 Å². The summed E-state index contributed by atoms with van der Waals surface area (Å²) in [5.74, 6) is -0.856. The van der Waals surface area contributed by atoms with E-state index in [4.69, 9.17) is 0 Å². The van der Waals surface area contributed by atoms with E-state index in [-0.39, 0.29) is 5.91 Å². The Hall–Kier alpha value is -3.15. The van der Waals surface area contributed by atoms with Gasteiger partial charge in [0.15, 0.2) is 0 Å². The Bertz CT molecular complexity index is 866. The van der Waals surface area contributed by atoms with Crippen LogP contribution in [0.4, 0.5) is 4.79 Å². The molecule has 1 aliphatic heterocycles. The Morgan fingerprint density at radius 1 is 1.00 bits per heavy atom. The molecule has 1 saturated carbocycles. The summed E-state index contributed by atoms with van der Waals surface area (Å²) in [6.07, 6.45) is 2.97. The largest absolute Gasteiger partial charge is 0.344 e. The second-order valence-corrected chi connectivity index (χ2v) is 8.07. The van der Waals surface area contributed by atoms with Crippen LogP contribution in [-0.4, -0.2) is 28.4 Å². The molecule has 2 aliphatic rings. The van der Waals surface area contributed by atoms with Crippen LogP contribution in [0.2, 0.25) is 0 Å². The van der Waals surface area contributed by atoms with Crippen LogP contribution in [-0.2, 0) is 9.59 Å². The highest BCUT2D eigenvalue weighted by Crippen LogP contribution is 2.36. The van der Waals surface area contributed by atoms with Gasteiger partial charge in [-0.05, 0) is 42.7 Å². The van der Waals surface area contributed by atoms with Gasteiger partial charge in [-0.1, -0.05) is 67.6 Å². The van der Waals surface area contributed by atoms with Crippen LogP contribution in [0.1, 0.15) is 49.7 Å². The van der Waals surface area contributed by atoms with Crippen LogP contribution in [0.3, 0.4) is 0 Å². The number of imide groups is 1. The fourth-order valence-corrected chi connectivity index (χ4v) is 4.28. The predicted molar refractivity (Wildman–Crippen MR) is 109 cm³/mol. The van der Waals surface area contributed by atoms with Gasteiger partial charge in [-0.3, -0.25) is 15.0 Å². The molecule has 0 bridgehead atoms. The second kappa shape index (κ2) is 7.70. The molecule has 1 spiro atoms. The Kier molecular flexibility index (Phi) is 5.09. The third-order valence-corrected chi connectivity index (χ3v) is 6.04. The molecule has 4 rings (SSSR count). The lowest BCUT2D eigenvalue weighted by atomic mass is 9.77. The van der Waals surface area contributed by atoms with Gasteiger partial charge in [0.2, 0.25) is 0 Å². The van der Waals surface area contributed by atoms with Gasteiger partial charge in [0.1, 0.15) is 5.54 Å². The fourth-order valence-electron chi connectivity index (χ4n) is 4.28. The van der Waals surface area contributed by atoms with Gasteiger partial charge in [-0.25, -0.2) is 4.79 Å². The van der Waals surface area contributed by atoms with E-state index in [0.717, 1.165) is 29.0 Å². The SMILES string of the molecule is CC1CCC2(CC1)NC(=O)N(NC(=O)C(c1ccccc1)c1ccccc1)C2=O. The minimum absolute atomic E-state index is 0.359. The Labute approximate surface area is 170 Å². The van der Waals surface area contributed by atoms with Crippen molar-refractivity contribution in [1.29, 1.82) is 0 Å². The first-order chi connectivity index (χ1) is 14.0. The van der Waals surface area contributed by atoms with Crippen LogP contribution in [0.25, 0.3) is 0 Å². The number of benzene rings is 2.